The Balaban J connectivity index is 0.858. The first-order chi connectivity index (χ1) is 24.7. The van der Waals surface area contributed by atoms with Crippen LogP contribution in [0.1, 0.15) is 130 Å². The minimum atomic E-state index is -0.829. The van der Waals surface area contributed by atoms with E-state index in [1.165, 1.54) is 0 Å². The molecule has 0 spiro atoms. The number of ketones is 3. The fourth-order valence-corrected chi connectivity index (χ4v) is 14.5. The van der Waals surface area contributed by atoms with Crippen molar-refractivity contribution < 1.29 is 42.9 Å². The molecule has 6 unspecified atom stereocenters. The predicted octanol–water partition coefficient (Wildman–Crippen LogP) is 6.81. The molecule has 12 bridgehead atoms. The van der Waals surface area contributed by atoms with Crippen molar-refractivity contribution in [3.05, 3.63) is 0 Å². The van der Waals surface area contributed by atoms with E-state index in [1.807, 2.05) is 20.8 Å². The van der Waals surface area contributed by atoms with Crippen molar-refractivity contribution in [3.63, 3.8) is 0 Å². The third-order valence-electron chi connectivity index (χ3n) is 16.1. The SMILES string of the molecule is CC(C)(C)C(=O)OCC12CC3CC(C1)C(OCCCC(=O)C14CC5CC(C1)C(=O)C(C5)C4)(OCCOC(=O)C14CC5CC(C1)C(=O)C(C5)C4)C(C3)C2. The summed E-state index contributed by atoms with van der Waals surface area (Å²) in [7, 11) is 0. The van der Waals surface area contributed by atoms with Crippen molar-refractivity contribution in [2.24, 2.45) is 74.9 Å². The van der Waals surface area contributed by atoms with Crippen LogP contribution in [0.25, 0.3) is 0 Å². The van der Waals surface area contributed by atoms with Gasteiger partial charge in [0.05, 0.1) is 30.7 Å². The van der Waals surface area contributed by atoms with Crippen LogP contribution < -0.4 is 0 Å². The lowest BCUT2D eigenvalue weighted by Gasteiger charge is -2.64. The lowest BCUT2D eigenvalue weighted by atomic mass is 9.47. The zero-order chi connectivity index (χ0) is 36.3. The van der Waals surface area contributed by atoms with Crippen molar-refractivity contribution in [3.8, 4) is 0 Å². The molecule has 12 aliphatic carbocycles. The molecule has 0 N–H and O–H groups in total. The van der Waals surface area contributed by atoms with E-state index in [0.717, 1.165) is 83.5 Å². The van der Waals surface area contributed by atoms with E-state index in [1.54, 1.807) is 0 Å². The molecule has 0 heterocycles. The smallest absolute Gasteiger partial charge is 0.312 e. The van der Waals surface area contributed by atoms with Crippen LogP contribution in [-0.2, 0) is 42.9 Å². The molecule has 12 saturated carbocycles. The van der Waals surface area contributed by atoms with Gasteiger partial charge >= 0.3 is 11.9 Å². The lowest BCUT2D eigenvalue weighted by Crippen LogP contribution is -2.64. The van der Waals surface area contributed by atoms with Gasteiger partial charge in [-0.15, -0.1) is 0 Å². The second-order valence-corrected chi connectivity index (χ2v) is 20.8. The maximum Gasteiger partial charge on any atom is 0.312 e. The van der Waals surface area contributed by atoms with Gasteiger partial charge in [-0.2, -0.15) is 0 Å². The molecule has 12 fully saturated rings. The maximum absolute atomic E-state index is 13.8. The number of Topliss-reactive ketones (excluding diaryl/α,β-unsaturated/α-hetero) is 3. The minimum absolute atomic E-state index is 0.0204. The summed E-state index contributed by atoms with van der Waals surface area (Å²) in [6.07, 6.45) is 14.2. The zero-order valence-electron chi connectivity index (χ0n) is 31.7. The van der Waals surface area contributed by atoms with Gasteiger partial charge < -0.3 is 18.9 Å². The topological polar surface area (TPSA) is 122 Å². The van der Waals surface area contributed by atoms with Crippen molar-refractivity contribution in [1.29, 1.82) is 0 Å². The predicted molar refractivity (Wildman–Crippen MR) is 188 cm³/mol. The van der Waals surface area contributed by atoms with Gasteiger partial charge in [-0.25, -0.2) is 0 Å². The molecule has 0 saturated heterocycles. The second-order valence-electron chi connectivity index (χ2n) is 20.8. The number of hydrogen-bond donors (Lipinski definition) is 0. The molecular weight excluding hydrogens is 660 g/mol. The van der Waals surface area contributed by atoms with E-state index >= 15 is 0 Å². The summed E-state index contributed by atoms with van der Waals surface area (Å²) in [6, 6.07) is 0. The van der Waals surface area contributed by atoms with Crippen LogP contribution in [0.5, 0.6) is 0 Å². The maximum atomic E-state index is 13.8. The molecule has 0 aromatic rings. The van der Waals surface area contributed by atoms with Crippen LogP contribution in [0.15, 0.2) is 0 Å². The van der Waals surface area contributed by atoms with Crippen molar-refractivity contribution >= 4 is 29.3 Å². The van der Waals surface area contributed by atoms with Crippen LogP contribution in [0.3, 0.4) is 0 Å². The van der Waals surface area contributed by atoms with Gasteiger partial charge in [0.2, 0.25) is 0 Å². The number of esters is 2. The minimum Gasteiger partial charge on any atom is -0.465 e. The summed E-state index contributed by atoms with van der Waals surface area (Å²) >= 11 is 0. The normalized spacial score (nSPS) is 46.2. The molecule has 0 aromatic heterocycles. The van der Waals surface area contributed by atoms with Crippen LogP contribution in [0, 0.1) is 74.9 Å². The highest BCUT2D eigenvalue weighted by atomic mass is 16.7. The molecule has 0 aliphatic heterocycles. The van der Waals surface area contributed by atoms with E-state index in [0.29, 0.717) is 74.0 Å². The van der Waals surface area contributed by atoms with E-state index < -0.39 is 16.6 Å². The second kappa shape index (κ2) is 12.4. The number of carbonyl (C=O) groups excluding carboxylic acids is 5. The van der Waals surface area contributed by atoms with Crippen molar-refractivity contribution in [2.45, 2.75) is 136 Å². The van der Waals surface area contributed by atoms with E-state index in [-0.39, 0.29) is 71.5 Å². The van der Waals surface area contributed by atoms with Gasteiger partial charge in [-0.3, -0.25) is 24.0 Å². The molecule has 12 rings (SSSR count). The van der Waals surface area contributed by atoms with Crippen LogP contribution >= 0.6 is 0 Å². The number of carbonyl (C=O) groups is 5. The third-order valence-corrected chi connectivity index (χ3v) is 16.1. The first-order valence-corrected chi connectivity index (χ1v) is 20.9. The average molecular weight is 721 g/mol. The molecular formula is C43H60O9. The summed E-state index contributed by atoms with van der Waals surface area (Å²) in [4.78, 5) is 65.8. The first kappa shape index (κ1) is 35.6. The van der Waals surface area contributed by atoms with E-state index in [4.69, 9.17) is 18.9 Å². The molecule has 9 heteroatoms. The summed E-state index contributed by atoms with van der Waals surface area (Å²) in [5.74, 6) is 1.92. The first-order valence-electron chi connectivity index (χ1n) is 20.9. The van der Waals surface area contributed by atoms with E-state index in [2.05, 4.69) is 0 Å². The Morgan fingerprint density at radius 1 is 0.615 bits per heavy atom. The van der Waals surface area contributed by atoms with Gasteiger partial charge in [-0.05, 0) is 141 Å². The molecule has 286 valence electrons. The number of hydrogen-bond acceptors (Lipinski definition) is 9. The molecule has 9 nitrogen and oxygen atoms in total. The third kappa shape index (κ3) is 5.78. The van der Waals surface area contributed by atoms with E-state index in [9.17, 15) is 24.0 Å². The van der Waals surface area contributed by atoms with Gasteiger partial charge in [0.1, 0.15) is 24.0 Å². The summed E-state index contributed by atoms with van der Waals surface area (Å²) in [5.41, 5.74) is -1.47. The monoisotopic (exact) mass is 720 g/mol. The van der Waals surface area contributed by atoms with Crippen LogP contribution in [0.4, 0.5) is 0 Å². The highest BCUT2D eigenvalue weighted by Gasteiger charge is 2.65. The Hall–Kier alpha value is -2.13. The fourth-order valence-electron chi connectivity index (χ4n) is 14.5. The lowest BCUT2D eigenvalue weighted by molar-refractivity contribution is -0.353. The average Bonchev–Trinajstić information content (AvgIpc) is 3.08. The van der Waals surface area contributed by atoms with Gasteiger partial charge in [0, 0.05) is 52.8 Å². The Morgan fingerprint density at radius 3 is 1.71 bits per heavy atom. The van der Waals surface area contributed by atoms with Crippen molar-refractivity contribution in [1.82, 2.24) is 0 Å². The summed E-state index contributed by atoms with van der Waals surface area (Å²) < 4.78 is 25.7. The zero-order valence-corrected chi connectivity index (χ0v) is 31.7. The van der Waals surface area contributed by atoms with Gasteiger partial charge in [0.25, 0.3) is 0 Å². The Kier molecular flexibility index (Phi) is 8.51. The highest BCUT2D eigenvalue weighted by molar-refractivity contribution is 5.92. The van der Waals surface area contributed by atoms with Crippen LogP contribution in [0.2, 0.25) is 0 Å². The Labute approximate surface area is 308 Å². The van der Waals surface area contributed by atoms with Crippen molar-refractivity contribution in [2.75, 3.05) is 26.4 Å². The molecule has 0 aromatic carbocycles. The number of ether oxygens (including phenoxy) is 4. The molecule has 52 heavy (non-hydrogen) atoms. The van der Waals surface area contributed by atoms with Crippen LogP contribution in [-0.4, -0.2) is 61.5 Å². The molecule has 0 radical (unpaired) electrons. The molecule has 12 aliphatic rings. The quantitative estimate of drug-likeness (QED) is 0.115. The van der Waals surface area contributed by atoms with Gasteiger partial charge in [-0.1, -0.05) is 0 Å². The summed E-state index contributed by atoms with van der Waals surface area (Å²) in [6.45, 7) is 6.92. The Morgan fingerprint density at radius 2 is 1.13 bits per heavy atom. The largest absolute Gasteiger partial charge is 0.465 e. The fraction of sp³-hybridized carbons (Fsp3) is 0.884. The molecule has 0 amide bonds. The standard InChI is InChI=1S/C43H60O9/c1-39(2,3)37(47)50-24-40-15-27-13-32(22-40)43(33(14-27)23-40,51-6-4-5-34(44)41-16-25-9-28(18-41)35(45)29(10-25)19-41)52-8-7-49-38(48)42-17-26-11-30(20-42)36(46)31(12-26)21-42/h25-33H,4-24H2,1-3H3. The van der Waals surface area contributed by atoms with Gasteiger partial charge in [0.15, 0.2) is 5.79 Å². The summed E-state index contributed by atoms with van der Waals surface area (Å²) in [5, 5.41) is 0. The Bertz CT molecular complexity index is 1390. The molecule has 6 atom stereocenters. The highest BCUT2D eigenvalue weighted by Crippen LogP contribution is 2.65. The number of rotatable bonds is 13.